The number of thioether (sulfide) groups is 2. The molecule has 3 N–H and O–H groups in total. The molecule has 1 heterocycles. The van der Waals surface area contributed by atoms with Gasteiger partial charge in [0.15, 0.2) is 0 Å². The number of nitrogens with one attached hydrogen (secondary N) is 1. The Morgan fingerprint density at radius 3 is 2.55 bits per heavy atom. The lowest BCUT2D eigenvalue weighted by Gasteiger charge is -2.31. The van der Waals surface area contributed by atoms with Crippen LogP contribution in [0.1, 0.15) is 52.9 Å². The lowest BCUT2D eigenvalue weighted by Crippen LogP contribution is -2.49. The summed E-state index contributed by atoms with van der Waals surface area (Å²) in [6, 6.07) is -0.0892. The lowest BCUT2D eigenvalue weighted by atomic mass is 10.0. The van der Waals surface area contributed by atoms with Crippen molar-refractivity contribution in [1.82, 2.24) is 5.32 Å². The molecule has 2 atom stereocenters. The van der Waals surface area contributed by atoms with Gasteiger partial charge in [-0.25, -0.2) is 0 Å². The van der Waals surface area contributed by atoms with Crippen LogP contribution >= 0.6 is 23.5 Å². The zero-order chi connectivity index (χ0) is 15.0. The molecule has 0 spiro atoms. The molecular weight excluding hydrogens is 288 g/mol. The van der Waals surface area contributed by atoms with Crippen LogP contribution in [0.2, 0.25) is 0 Å². The van der Waals surface area contributed by atoms with E-state index in [0.717, 1.165) is 12.8 Å². The number of nitrogens with two attached hydrogens (primary N) is 1. The summed E-state index contributed by atoms with van der Waals surface area (Å²) < 4.78 is 0.505. The Morgan fingerprint density at radius 2 is 2.00 bits per heavy atom. The summed E-state index contributed by atoms with van der Waals surface area (Å²) >= 11 is 3.99. The van der Waals surface area contributed by atoms with E-state index in [2.05, 4.69) is 26.1 Å². The van der Waals surface area contributed by atoms with Crippen molar-refractivity contribution in [2.24, 2.45) is 11.7 Å². The van der Waals surface area contributed by atoms with Crippen LogP contribution in [-0.2, 0) is 4.79 Å². The van der Waals surface area contributed by atoms with E-state index in [-0.39, 0.29) is 18.0 Å². The zero-order valence-corrected chi connectivity index (χ0v) is 14.7. The minimum atomic E-state index is -0.363. The maximum Gasteiger partial charge on any atom is 0.237 e. The van der Waals surface area contributed by atoms with Gasteiger partial charge in [-0.3, -0.25) is 4.79 Å². The van der Waals surface area contributed by atoms with Crippen molar-refractivity contribution in [3.05, 3.63) is 0 Å². The SMILES string of the molecule is CCCCC(NC(=O)[C@@H](N)CC(C)C)C1SCCCS1. The first-order valence-electron chi connectivity index (χ1n) is 7.83. The topological polar surface area (TPSA) is 55.1 Å². The molecule has 20 heavy (non-hydrogen) atoms. The number of rotatable bonds is 8. The highest BCUT2D eigenvalue weighted by Gasteiger charge is 2.27. The molecule has 0 aromatic rings. The highest BCUT2D eigenvalue weighted by molar-refractivity contribution is 8.17. The molecule has 1 saturated heterocycles. The maximum atomic E-state index is 12.2. The first-order valence-corrected chi connectivity index (χ1v) is 9.93. The number of hydrogen-bond donors (Lipinski definition) is 2. The third-order valence-electron chi connectivity index (χ3n) is 3.44. The summed E-state index contributed by atoms with van der Waals surface area (Å²) in [5.74, 6) is 2.93. The molecule has 1 amide bonds. The molecule has 118 valence electrons. The van der Waals surface area contributed by atoms with Gasteiger partial charge in [-0.15, -0.1) is 23.5 Å². The summed E-state index contributed by atoms with van der Waals surface area (Å²) in [7, 11) is 0. The van der Waals surface area contributed by atoms with Crippen molar-refractivity contribution >= 4 is 29.4 Å². The van der Waals surface area contributed by atoms with Crippen molar-refractivity contribution in [1.29, 1.82) is 0 Å². The summed E-state index contributed by atoms with van der Waals surface area (Å²) in [6.07, 6.45) is 5.46. The Bertz CT molecular complexity index is 281. The van der Waals surface area contributed by atoms with Gasteiger partial charge in [-0.05, 0) is 36.7 Å². The Hall–Kier alpha value is 0.130. The molecule has 5 heteroatoms. The van der Waals surface area contributed by atoms with E-state index in [1.165, 1.54) is 30.8 Å². The van der Waals surface area contributed by atoms with Crippen LogP contribution in [0.4, 0.5) is 0 Å². The van der Waals surface area contributed by atoms with Gasteiger partial charge >= 0.3 is 0 Å². The molecule has 0 aliphatic carbocycles. The van der Waals surface area contributed by atoms with Crippen molar-refractivity contribution in [2.45, 2.75) is 69.5 Å². The molecule has 0 aromatic heterocycles. The van der Waals surface area contributed by atoms with E-state index in [0.29, 0.717) is 10.5 Å². The second-order valence-electron chi connectivity index (χ2n) is 5.96. The van der Waals surface area contributed by atoms with Crippen molar-refractivity contribution in [3.8, 4) is 0 Å². The van der Waals surface area contributed by atoms with E-state index >= 15 is 0 Å². The average molecular weight is 319 g/mol. The van der Waals surface area contributed by atoms with Crippen molar-refractivity contribution in [2.75, 3.05) is 11.5 Å². The van der Waals surface area contributed by atoms with Gasteiger partial charge in [0.1, 0.15) is 0 Å². The predicted octanol–water partition coefficient (Wildman–Crippen LogP) is 3.23. The maximum absolute atomic E-state index is 12.2. The third kappa shape index (κ3) is 6.72. The molecule has 1 fully saturated rings. The van der Waals surface area contributed by atoms with Gasteiger partial charge in [-0.2, -0.15) is 0 Å². The highest BCUT2D eigenvalue weighted by Crippen LogP contribution is 2.34. The number of amides is 1. The minimum absolute atomic E-state index is 0.0339. The van der Waals surface area contributed by atoms with Gasteiger partial charge in [0.25, 0.3) is 0 Å². The van der Waals surface area contributed by atoms with Crippen LogP contribution in [-0.4, -0.2) is 34.1 Å². The number of unbranched alkanes of at least 4 members (excludes halogenated alkanes) is 1. The quantitative estimate of drug-likeness (QED) is 0.721. The Morgan fingerprint density at radius 1 is 1.35 bits per heavy atom. The summed E-state index contributed by atoms with van der Waals surface area (Å²) in [4.78, 5) is 12.2. The monoisotopic (exact) mass is 318 g/mol. The highest BCUT2D eigenvalue weighted by atomic mass is 32.2. The van der Waals surface area contributed by atoms with Gasteiger partial charge in [-0.1, -0.05) is 33.6 Å². The van der Waals surface area contributed by atoms with E-state index < -0.39 is 0 Å². The largest absolute Gasteiger partial charge is 0.350 e. The van der Waals surface area contributed by atoms with Crippen LogP contribution in [0.5, 0.6) is 0 Å². The first-order chi connectivity index (χ1) is 9.54. The molecule has 1 aliphatic rings. The average Bonchev–Trinajstić information content (AvgIpc) is 2.43. The molecular formula is C15H30N2OS2. The molecule has 1 aliphatic heterocycles. The van der Waals surface area contributed by atoms with E-state index in [4.69, 9.17) is 5.73 Å². The number of carbonyl (C=O) groups excluding carboxylic acids is 1. The fourth-order valence-corrected chi connectivity index (χ4v) is 5.45. The molecule has 1 unspecified atom stereocenters. The fourth-order valence-electron chi connectivity index (χ4n) is 2.34. The van der Waals surface area contributed by atoms with Crippen molar-refractivity contribution < 1.29 is 4.79 Å². The summed E-state index contributed by atoms with van der Waals surface area (Å²) in [6.45, 7) is 6.41. The number of hydrogen-bond acceptors (Lipinski definition) is 4. The van der Waals surface area contributed by atoms with Gasteiger partial charge in [0, 0.05) is 6.04 Å². The van der Waals surface area contributed by atoms with Crippen molar-refractivity contribution in [3.63, 3.8) is 0 Å². The zero-order valence-electron chi connectivity index (χ0n) is 13.1. The molecule has 3 nitrogen and oxygen atoms in total. The second-order valence-corrected chi connectivity index (χ2v) is 8.75. The molecule has 0 bridgehead atoms. The molecule has 1 rings (SSSR count). The first kappa shape index (κ1) is 18.2. The van der Waals surface area contributed by atoms with Gasteiger partial charge in [0.05, 0.1) is 10.6 Å². The smallest absolute Gasteiger partial charge is 0.237 e. The molecule has 0 aromatic carbocycles. The lowest BCUT2D eigenvalue weighted by molar-refractivity contribution is -0.123. The van der Waals surface area contributed by atoms with E-state index in [1.807, 2.05) is 23.5 Å². The van der Waals surface area contributed by atoms with Gasteiger partial charge in [0.2, 0.25) is 5.91 Å². The van der Waals surface area contributed by atoms with Crippen LogP contribution in [0.25, 0.3) is 0 Å². The third-order valence-corrected chi connectivity index (χ3v) is 6.62. The summed E-state index contributed by atoms with van der Waals surface area (Å²) in [5.41, 5.74) is 6.00. The molecule has 0 saturated carbocycles. The number of carbonyl (C=O) groups is 1. The van der Waals surface area contributed by atoms with E-state index in [1.54, 1.807) is 0 Å². The van der Waals surface area contributed by atoms with Crippen LogP contribution in [0, 0.1) is 5.92 Å². The minimum Gasteiger partial charge on any atom is -0.350 e. The van der Waals surface area contributed by atoms with Crippen LogP contribution in [0.3, 0.4) is 0 Å². The summed E-state index contributed by atoms with van der Waals surface area (Å²) in [5, 5.41) is 3.22. The Labute approximate surface area is 132 Å². The molecule has 0 radical (unpaired) electrons. The normalized spacial score (nSPS) is 19.9. The predicted molar refractivity (Wildman–Crippen MR) is 92.2 cm³/mol. The van der Waals surface area contributed by atoms with Gasteiger partial charge < -0.3 is 11.1 Å². The second kappa shape index (κ2) is 9.96. The Kier molecular flexibility index (Phi) is 9.05. The van der Waals surface area contributed by atoms with E-state index in [9.17, 15) is 4.79 Å². The standard InChI is InChI=1S/C15H30N2OS2/c1-4-5-7-13(15-19-8-6-9-20-15)17-14(18)12(16)10-11(2)3/h11-13,15H,4-10,16H2,1-3H3,(H,17,18)/t12-,13?/m0/s1. The van der Waals surface area contributed by atoms with Crippen LogP contribution in [0.15, 0.2) is 0 Å². The fraction of sp³-hybridized carbons (Fsp3) is 0.933. The van der Waals surface area contributed by atoms with Crippen LogP contribution < -0.4 is 11.1 Å². The Balaban J connectivity index is 2.51.